The van der Waals surface area contributed by atoms with E-state index in [1.807, 2.05) is 49.3 Å². The molecule has 1 aliphatic carbocycles. The molecule has 0 radical (unpaired) electrons. The van der Waals surface area contributed by atoms with Crippen LogP contribution < -0.4 is 15.5 Å². The quantitative estimate of drug-likeness (QED) is 0.382. The first-order chi connectivity index (χ1) is 15.9. The lowest BCUT2D eigenvalue weighted by molar-refractivity contribution is -0.385. The first-order valence-corrected chi connectivity index (χ1v) is 11.6. The van der Waals surface area contributed by atoms with E-state index < -0.39 is 0 Å². The predicted molar refractivity (Wildman–Crippen MR) is 133 cm³/mol. The average molecular weight is 449 g/mol. The lowest BCUT2D eigenvalue weighted by Gasteiger charge is -2.29. The molecule has 2 N–H and O–H groups in total. The van der Waals surface area contributed by atoms with Gasteiger partial charge in [-0.25, -0.2) is 4.98 Å². The van der Waals surface area contributed by atoms with Crippen LogP contribution in [0, 0.1) is 23.0 Å². The topological polar surface area (TPSA) is 96.2 Å². The Morgan fingerprint density at radius 3 is 2.55 bits per heavy atom. The van der Waals surface area contributed by atoms with Gasteiger partial charge in [0.05, 0.1) is 10.4 Å². The van der Waals surface area contributed by atoms with Gasteiger partial charge in [0, 0.05) is 43.7 Å². The van der Waals surface area contributed by atoms with Gasteiger partial charge in [-0.2, -0.15) is 4.98 Å². The number of hydrogen-bond acceptors (Lipinski definition) is 7. The molecule has 0 aliphatic heterocycles. The number of fused-ring (bicyclic) bond motifs is 1. The van der Waals surface area contributed by atoms with Gasteiger partial charge in [-0.05, 0) is 68.8 Å². The number of anilines is 2. The summed E-state index contributed by atoms with van der Waals surface area (Å²) in [6.45, 7) is 3.48. The highest BCUT2D eigenvalue weighted by Gasteiger charge is 2.22. The third kappa shape index (κ3) is 5.57. The van der Waals surface area contributed by atoms with Crippen LogP contribution in [0.3, 0.4) is 0 Å². The van der Waals surface area contributed by atoms with Gasteiger partial charge in [-0.15, -0.1) is 0 Å². The second-order valence-electron chi connectivity index (χ2n) is 9.15. The zero-order valence-corrected chi connectivity index (χ0v) is 19.5. The van der Waals surface area contributed by atoms with Gasteiger partial charge in [-0.1, -0.05) is 18.2 Å². The van der Waals surface area contributed by atoms with Crippen LogP contribution in [0.15, 0.2) is 42.5 Å². The molecule has 3 aromatic rings. The first kappa shape index (κ1) is 22.9. The van der Waals surface area contributed by atoms with Crippen molar-refractivity contribution in [3.63, 3.8) is 0 Å². The van der Waals surface area contributed by atoms with E-state index in [2.05, 4.69) is 16.7 Å². The Labute approximate surface area is 194 Å². The zero-order chi connectivity index (χ0) is 23.4. The van der Waals surface area contributed by atoms with Crippen LogP contribution in [0.4, 0.5) is 17.5 Å². The van der Waals surface area contributed by atoms with Crippen LogP contribution in [0.2, 0.25) is 0 Å². The summed E-state index contributed by atoms with van der Waals surface area (Å²) < 4.78 is 0. The standard InChI is InChI=1S/C25H32N6O2/c1-17-14-19(10-13-23(17)31(32)33)16-26-15-18-8-11-20(12-9-18)27-25-28-22-7-5-4-6-21(22)24(29-25)30(2)3/h4-7,10,13-14,18,20,26H,8-9,11-12,15-16H2,1-3H3,(H,27,28,29). The molecule has 0 spiro atoms. The van der Waals surface area contributed by atoms with Crippen LogP contribution in [0.25, 0.3) is 10.9 Å². The molecule has 1 saturated carbocycles. The number of nitrogens with zero attached hydrogens (tertiary/aromatic N) is 4. The molecular weight excluding hydrogens is 416 g/mol. The predicted octanol–water partition coefficient (Wildman–Crippen LogP) is 4.67. The molecule has 1 aromatic heterocycles. The van der Waals surface area contributed by atoms with Crippen molar-refractivity contribution in [1.82, 2.24) is 15.3 Å². The minimum absolute atomic E-state index is 0.178. The summed E-state index contributed by atoms with van der Waals surface area (Å²) in [5, 5.41) is 19.1. The molecule has 0 atom stereocenters. The smallest absolute Gasteiger partial charge is 0.272 e. The number of benzene rings is 2. The van der Waals surface area contributed by atoms with Crippen molar-refractivity contribution in [3.8, 4) is 0 Å². The van der Waals surface area contributed by atoms with Crippen LogP contribution in [0.1, 0.15) is 36.8 Å². The molecule has 1 aliphatic rings. The Kier molecular flexibility index (Phi) is 7.03. The Bertz CT molecular complexity index is 1130. The number of aromatic nitrogens is 2. The first-order valence-electron chi connectivity index (χ1n) is 11.6. The highest BCUT2D eigenvalue weighted by molar-refractivity contribution is 5.90. The Balaban J connectivity index is 1.27. The maximum Gasteiger partial charge on any atom is 0.272 e. The number of nitrogens with one attached hydrogen (secondary N) is 2. The highest BCUT2D eigenvalue weighted by atomic mass is 16.6. The SMILES string of the molecule is Cc1cc(CNCC2CCC(Nc3nc(N(C)C)c4ccccc4n3)CC2)ccc1[N+](=O)[O-]. The summed E-state index contributed by atoms with van der Waals surface area (Å²) in [5.41, 5.74) is 2.92. The average Bonchev–Trinajstić information content (AvgIpc) is 2.79. The van der Waals surface area contributed by atoms with Crippen molar-refractivity contribution in [3.05, 3.63) is 63.7 Å². The highest BCUT2D eigenvalue weighted by Crippen LogP contribution is 2.28. The van der Waals surface area contributed by atoms with Gasteiger partial charge < -0.3 is 15.5 Å². The van der Waals surface area contributed by atoms with Crippen LogP contribution >= 0.6 is 0 Å². The van der Waals surface area contributed by atoms with Gasteiger partial charge in [-0.3, -0.25) is 10.1 Å². The van der Waals surface area contributed by atoms with Crippen molar-refractivity contribution in [2.45, 2.75) is 45.2 Å². The van der Waals surface area contributed by atoms with Crippen LogP contribution in [-0.4, -0.2) is 41.6 Å². The maximum absolute atomic E-state index is 11.0. The summed E-state index contributed by atoms with van der Waals surface area (Å²) in [6.07, 6.45) is 4.49. The molecule has 0 amide bonds. The molecular formula is C25H32N6O2. The number of para-hydroxylation sites is 1. The van der Waals surface area contributed by atoms with Gasteiger partial charge >= 0.3 is 0 Å². The molecule has 2 aromatic carbocycles. The van der Waals surface area contributed by atoms with E-state index in [1.165, 1.54) is 0 Å². The third-order valence-corrected chi connectivity index (χ3v) is 6.41. The van der Waals surface area contributed by atoms with E-state index in [0.29, 0.717) is 23.5 Å². The third-order valence-electron chi connectivity index (χ3n) is 6.41. The van der Waals surface area contributed by atoms with Crippen LogP contribution in [0.5, 0.6) is 0 Å². The maximum atomic E-state index is 11.0. The van der Waals surface area contributed by atoms with Crippen molar-refractivity contribution >= 4 is 28.4 Å². The minimum Gasteiger partial charge on any atom is -0.362 e. The molecule has 33 heavy (non-hydrogen) atoms. The molecule has 1 fully saturated rings. The Morgan fingerprint density at radius 1 is 1.09 bits per heavy atom. The number of aryl methyl sites for hydroxylation is 1. The summed E-state index contributed by atoms with van der Waals surface area (Å²) in [5.74, 6) is 2.27. The summed E-state index contributed by atoms with van der Waals surface area (Å²) >= 11 is 0. The van der Waals surface area contributed by atoms with E-state index >= 15 is 0 Å². The largest absolute Gasteiger partial charge is 0.362 e. The van der Waals surface area contributed by atoms with Gasteiger partial charge in [0.15, 0.2) is 0 Å². The van der Waals surface area contributed by atoms with E-state index in [-0.39, 0.29) is 10.6 Å². The van der Waals surface area contributed by atoms with Crippen LogP contribution in [-0.2, 0) is 6.54 Å². The Morgan fingerprint density at radius 2 is 1.85 bits per heavy atom. The molecule has 174 valence electrons. The Hall–Kier alpha value is -3.26. The van der Waals surface area contributed by atoms with E-state index in [4.69, 9.17) is 9.97 Å². The summed E-state index contributed by atoms with van der Waals surface area (Å²) in [4.78, 5) is 22.2. The summed E-state index contributed by atoms with van der Waals surface area (Å²) in [6, 6.07) is 13.8. The number of hydrogen-bond donors (Lipinski definition) is 2. The molecule has 0 unspecified atom stereocenters. The lowest BCUT2D eigenvalue weighted by atomic mass is 9.86. The number of nitro groups is 1. The molecule has 0 saturated heterocycles. The fourth-order valence-corrected chi connectivity index (χ4v) is 4.61. The van der Waals surface area contributed by atoms with Crippen molar-refractivity contribution in [1.29, 1.82) is 0 Å². The normalized spacial score (nSPS) is 18.3. The lowest BCUT2D eigenvalue weighted by Crippen LogP contribution is -2.31. The van der Waals surface area contributed by atoms with Gasteiger partial charge in [0.25, 0.3) is 5.69 Å². The molecule has 8 heteroatoms. The van der Waals surface area contributed by atoms with E-state index in [0.717, 1.165) is 61.1 Å². The minimum atomic E-state index is -0.330. The second-order valence-corrected chi connectivity index (χ2v) is 9.15. The van der Waals surface area contributed by atoms with Gasteiger partial charge in [0.1, 0.15) is 5.82 Å². The number of rotatable bonds is 8. The summed E-state index contributed by atoms with van der Waals surface area (Å²) in [7, 11) is 4.02. The molecule has 4 rings (SSSR count). The fraction of sp³-hybridized carbons (Fsp3) is 0.440. The van der Waals surface area contributed by atoms with E-state index in [9.17, 15) is 10.1 Å². The molecule has 1 heterocycles. The number of nitro benzene ring substituents is 1. The zero-order valence-electron chi connectivity index (χ0n) is 19.5. The van der Waals surface area contributed by atoms with Crippen molar-refractivity contribution < 1.29 is 4.92 Å². The van der Waals surface area contributed by atoms with E-state index in [1.54, 1.807) is 13.0 Å². The van der Waals surface area contributed by atoms with Crippen molar-refractivity contribution in [2.75, 3.05) is 30.9 Å². The molecule has 0 bridgehead atoms. The van der Waals surface area contributed by atoms with Gasteiger partial charge in [0.2, 0.25) is 5.95 Å². The van der Waals surface area contributed by atoms with Crippen molar-refractivity contribution in [2.24, 2.45) is 5.92 Å². The fourth-order valence-electron chi connectivity index (χ4n) is 4.61. The molecule has 8 nitrogen and oxygen atoms in total. The monoisotopic (exact) mass is 448 g/mol. The second kappa shape index (κ2) is 10.1.